The highest BCUT2D eigenvalue weighted by Gasteiger charge is 3.00. The summed E-state index contributed by atoms with van der Waals surface area (Å²) in [5.74, 6) is 5.35. The van der Waals surface area contributed by atoms with Crippen molar-refractivity contribution in [3.63, 3.8) is 0 Å². The average Bonchev–Trinajstić information content (AvgIpc) is 3.44. The topological polar surface area (TPSA) is 52.6 Å². The van der Waals surface area contributed by atoms with E-state index in [2.05, 4.69) is 0 Å². The van der Waals surface area contributed by atoms with Crippen molar-refractivity contribution in [1.29, 1.82) is 0 Å². The highest BCUT2D eigenvalue weighted by molar-refractivity contribution is 5.94. The van der Waals surface area contributed by atoms with E-state index in [9.17, 15) is 9.59 Å². The molecular formula is C22H28O4. The Bertz CT molecular complexity index is 644. The number of fused-ring (bicyclic) bond motifs is 2. The second kappa shape index (κ2) is 4.17. The molecule has 0 N–H and O–H groups in total. The van der Waals surface area contributed by atoms with Gasteiger partial charge in [-0.1, -0.05) is 12.8 Å². The van der Waals surface area contributed by atoms with Crippen LogP contribution in [0.1, 0.15) is 38.5 Å². The van der Waals surface area contributed by atoms with Crippen LogP contribution >= 0.6 is 0 Å². The number of hydrogen-bond donors (Lipinski definition) is 0. The van der Waals surface area contributed by atoms with Gasteiger partial charge in [-0.05, 0) is 84.9 Å². The van der Waals surface area contributed by atoms with E-state index in [1.807, 2.05) is 0 Å². The lowest BCUT2D eigenvalue weighted by Crippen LogP contribution is -2.65. The minimum atomic E-state index is -0.545. The molecule has 8 aliphatic rings. The summed E-state index contributed by atoms with van der Waals surface area (Å²) in [5, 5.41) is 0. The van der Waals surface area contributed by atoms with Gasteiger partial charge in [0.2, 0.25) is 0 Å². The van der Waals surface area contributed by atoms with Crippen LogP contribution in [-0.2, 0) is 19.1 Å². The van der Waals surface area contributed by atoms with E-state index in [0.717, 1.165) is 0 Å². The van der Waals surface area contributed by atoms with Gasteiger partial charge in [0.1, 0.15) is 0 Å². The Morgan fingerprint density at radius 1 is 0.654 bits per heavy atom. The number of esters is 2. The first kappa shape index (κ1) is 14.9. The highest BCUT2D eigenvalue weighted by Crippen LogP contribution is 2.97. The van der Waals surface area contributed by atoms with Crippen LogP contribution in [0.5, 0.6) is 0 Å². The highest BCUT2D eigenvalue weighted by atomic mass is 16.5. The minimum absolute atomic E-state index is 0.0499. The number of carbonyl (C=O) groups excluding carboxylic acids is 2. The summed E-state index contributed by atoms with van der Waals surface area (Å²) in [6.45, 7) is 0. The second-order valence-electron chi connectivity index (χ2n) is 10.5. The predicted octanol–water partition coefficient (Wildman–Crippen LogP) is 2.90. The maximum Gasteiger partial charge on any atom is 0.313 e. The molecule has 8 saturated carbocycles. The second-order valence-corrected chi connectivity index (χ2v) is 10.5. The van der Waals surface area contributed by atoms with Gasteiger partial charge in [0.15, 0.2) is 0 Å². The first-order chi connectivity index (χ1) is 12.7. The van der Waals surface area contributed by atoms with Gasteiger partial charge in [0, 0.05) is 0 Å². The molecule has 0 spiro atoms. The molecular weight excluding hydrogens is 328 g/mol. The molecule has 0 saturated heterocycles. The summed E-state index contributed by atoms with van der Waals surface area (Å²) in [4.78, 5) is 27.2. The van der Waals surface area contributed by atoms with Gasteiger partial charge in [0.05, 0.1) is 25.0 Å². The Labute approximate surface area is 154 Å². The quantitative estimate of drug-likeness (QED) is 0.714. The molecule has 0 aromatic carbocycles. The van der Waals surface area contributed by atoms with Gasteiger partial charge in [-0.15, -0.1) is 0 Å². The number of ether oxygens (including phenoxy) is 2. The maximum atomic E-state index is 13.6. The third-order valence-corrected chi connectivity index (χ3v) is 11.0. The maximum absolute atomic E-state index is 13.6. The van der Waals surface area contributed by atoms with Gasteiger partial charge >= 0.3 is 11.9 Å². The summed E-state index contributed by atoms with van der Waals surface area (Å²) >= 11 is 0. The van der Waals surface area contributed by atoms with E-state index in [1.165, 1.54) is 38.5 Å². The third-order valence-electron chi connectivity index (χ3n) is 11.0. The number of hydrogen-bond acceptors (Lipinski definition) is 4. The first-order valence-corrected chi connectivity index (χ1v) is 10.8. The average molecular weight is 356 g/mol. The van der Waals surface area contributed by atoms with Crippen LogP contribution < -0.4 is 0 Å². The largest absolute Gasteiger partial charge is 0.469 e. The van der Waals surface area contributed by atoms with Crippen molar-refractivity contribution in [3.05, 3.63) is 0 Å². The van der Waals surface area contributed by atoms with Crippen LogP contribution in [-0.4, -0.2) is 26.2 Å². The smallest absolute Gasteiger partial charge is 0.313 e. The minimum Gasteiger partial charge on any atom is -0.469 e. The molecule has 8 rings (SSSR count). The summed E-state index contributed by atoms with van der Waals surface area (Å²) < 4.78 is 11.1. The summed E-state index contributed by atoms with van der Waals surface area (Å²) in [5.41, 5.74) is -1.09. The Morgan fingerprint density at radius 2 is 0.962 bits per heavy atom. The molecule has 0 aliphatic heterocycles. The van der Waals surface area contributed by atoms with E-state index >= 15 is 0 Å². The number of carbonyl (C=O) groups is 2. The van der Waals surface area contributed by atoms with Gasteiger partial charge in [0.25, 0.3) is 0 Å². The van der Waals surface area contributed by atoms with Crippen LogP contribution in [0.15, 0.2) is 0 Å². The Morgan fingerprint density at radius 3 is 1.23 bits per heavy atom. The fraction of sp³-hybridized carbons (Fsp3) is 0.909. The van der Waals surface area contributed by atoms with E-state index in [4.69, 9.17) is 9.47 Å². The summed E-state index contributed by atoms with van der Waals surface area (Å²) in [7, 11) is 3.09. The molecule has 0 amide bonds. The zero-order chi connectivity index (χ0) is 17.6. The molecule has 0 heterocycles. The molecule has 8 fully saturated rings. The van der Waals surface area contributed by atoms with E-state index in [-0.39, 0.29) is 11.9 Å². The summed E-state index contributed by atoms with van der Waals surface area (Å²) in [6, 6.07) is 0. The molecule has 4 heteroatoms. The molecule has 140 valence electrons. The van der Waals surface area contributed by atoms with Crippen LogP contribution in [0.2, 0.25) is 0 Å². The fourth-order valence-corrected chi connectivity index (χ4v) is 11.7. The van der Waals surface area contributed by atoms with Crippen LogP contribution in [0.25, 0.3) is 0 Å². The number of methoxy groups -OCH3 is 2. The molecule has 8 aliphatic carbocycles. The zero-order valence-corrected chi connectivity index (χ0v) is 15.6. The van der Waals surface area contributed by atoms with Gasteiger partial charge in [-0.3, -0.25) is 9.59 Å². The van der Waals surface area contributed by atoms with Gasteiger partial charge in [-0.25, -0.2) is 0 Å². The number of rotatable bonds is 2. The lowest BCUT2D eigenvalue weighted by atomic mass is 9.43. The fourth-order valence-electron chi connectivity index (χ4n) is 11.7. The molecule has 0 radical (unpaired) electrons. The van der Waals surface area contributed by atoms with Crippen molar-refractivity contribution in [2.45, 2.75) is 38.5 Å². The Kier molecular flexibility index (Phi) is 2.40. The lowest BCUT2D eigenvalue weighted by Gasteiger charge is -2.57. The van der Waals surface area contributed by atoms with Crippen molar-refractivity contribution < 1.29 is 19.1 Å². The van der Waals surface area contributed by atoms with Crippen LogP contribution in [0, 0.1) is 70.0 Å². The van der Waals surface area contributed by atoms with E-state index < -0.39 is 10.8 Å². The molecule has 12 atom stereocenters. The molecule has 0 aromatic heterocycles. The van der Waals surface area contributed by atoms with Crippen molar-refractivity contribution in [1.82, 2.24) is 0 Å². The van der Waals surface area contributed by atoms with Crippen molar-refractivity contribution in [2.75, 3.05) is 14.2 Å². The van der Waals surface area contributed by atoms with Crippen LogP contribution in [0.3, 0.4) is 0 Å². The van der Waals surface area contributed by atoms with Crippen molar-refractivity contribution >= 4 is 11.9 Å². The molecule has 8 bridgehead atoms. The molecule has 4 unspecified atom stereocenters. The van der Waals surface area contributed by atoms with Crippen molar-refractivity contribution in [3.8, 4) is 0 Å². The standard InChI is InChI=1S/C22H28O4/c1-25-19(23)21-15-9-5-3-7-11(9)17-13(15)14-16(21)10-6-4-8-12(10)18(14)22(17,21)20(24)26-2/h9-18H,3-8H2,1-2H3/t9-,10-,11-,12+,13?,14?,15-,16+,17-,18+,21?,22?/m1/s1. The van der Waals surface area contributed by atoms with E-state index in [1.54, 1.807) is 14.2 Å². The predicted molar refractivity (Wildman–Crippen MR) is 91.5 cm³/mol. The third kappa shape index (κ3) is 1.02. The Balaban J connectivity index is 1.54. The van der Waals surface area contributed by atoms with Gasteiger partial charge in [-0.2, -0.15) is 0 Å². The first-order valence-electron chi connectivity index (χ1n) is 10.8. The molecule has 4 nitrogen and oxygen atoms in total. The lowest BCUT2D eigenvalue weighted by molar-refractivity contribution is -0.208. The Hall–Kier alpha value is -1.06. The molecule has 26 heavy (non-hydrogen) atoms. The van der Waals surface area contributed by atoms with Crippen molar-refractivity contribution in [2.24, 2.45) is 70.0 Å². The van der Waals surface area contributed by atoms with Crippen LogP contribution in [0.4, 0.5) is 0 Å². The van der Waals surface area contributed by atoms with Gasteiger partial charge < -0.3 is 9.47 Å². The SMILES string of the molecule is COC(=O)C12[C@@H]3C4C5[C@H]1[C@@H]1CCC[C@H]1[C@H]5C2(C(=O)OC)[C@H]4[C@H]1CCC[C@H]13. The monoisotopic (exact) mass is 356 g/mol. The molecule has 0 aromatic rings. The zero-order valence-electron chi connectivity index (χ0n) is 15.6. The normalized spacial score (nSPS) is 64.2. The summed E-state index contributed by atoms with van der Waals surface area (Å²) in [6.07, 6.45) is 7.59. The van der Waals surface area contributed by atoms with E-state index in [0.29, 0.717) is 59.2 Å².